The molecule has 19 heavy (non-hydrogen) atoms. The fourth-order valence-electron chi connectivity index (χ4n) is 3.05. The maximum absolute atomic E-state index is 11.5. The first-order valence-electron chi connectivity index (χ1n) is 7.62. The highest BCUT2D eigenvalue weighted by Gasteiger charge is 2.32. The second kappa shape index (κ2) is 6.71. The minimum absolute atomic E-state index is 0.240. The van der Waals surface area contributed by atoms with Crippen LogP contribution in [0.5, 0.6) is 0 Å². The lowest BCUT2D eigenvalue weighted by atomic mass is 9.93. The third-order valence-corrected chi connectivity index (χ3v) is 4.54. The number of hydrogen-bond donors (Lipinski definition) is 2. The van der Waals surface area contributed by atoms with Crippen molar-refractivity contribution in [2.75, 3.05) is 19.6 Å². The van der Waals surface area contributed by atoms with Crippen molar-refractivity contribution in [3.63, 3.8) is 0 Å². The molecule has 1 fully saturated rings. The number of likely N-dealkylation sites (N-methyl/N-ethyl adjacent to an activating group) is 1. The van der Waals surface area contributed by atoms with E-state index in [1.165, 1.54) is 19.4 Å². The number of nitrogens with two attached hydrogens (primary N) is 1. The molecule has 0 aromatic carbocycles. The Morgan fingerprint density at radius 3 is 2.58 bits per heavy atom. The Labute approximate surface area is 118 Å². The van der Waals surface area contributed by atoms with E-state index in [-0.39, 0.29) is 5.91 Å². The Morgan fingerprint density at radius 2 is 2.11 bits per heavy atom. The van der Waals surface area contributed by atoms with Crippen molar-refractivity contribution in [2.24, 2.45) is 5.73 Å². The van der Waals surface area contributed by atoms with Crippen LogP contribution < -0.4 is 11.1 Å². The van der Waals surface area contributed by atoms with Gasteiger partial charge in [-0.15, -0.1) is 0 Å². The minimum Gasteiger partial charge on any atom is -0.368 e. The maximum Gasteiger partial charge on any atom is 0.237 e. The van der Waals surface area contributed by atoms with Crippen LogP contribution in [0.4, 0.5) is 0 Å². The highest BCUT2D eigenvalue weighted by atomic mass is 16.1. The number of likely N-dealkylation sites (tertiary alicyclic amines) is 1. The Balaban J connectivity index is 2.31. The van der Waals surface area contributed by atoms with E-state index < -0.39 is 5.54 Å². The van der Waals surface area contributed by atoms with E-state index in [1.54, 1.807) is 0 Å². The summed E-state index contributed by atoms with van der Waals surface area (Å²) in [7, 11) is 0. The smallest absolute Gasteiger partial charge is 0.237 e. The quantitative estimate of drug-likeness (QED) is 0.662. The molecule has 3 N–H and O–H groups in total. The van der Waals surface area contributed by atoms with Gasteiger partial charge in [0.15, 0.2) is 0 Å². The second-order valence-electron chi connectivity index (χ2n) is 6.59. The topological polar surface area (TPSA) is 58.4 Å². The molecular formula is C15H31N3O. The van der Waals surface area contributed by atoms with Gasteiger partial charge in [-0.3, -0.25) is 9.69 Å². The highest BCUT2D eigenvalue weighted by molar-refractivity contribution is 5.84. The standard InChI is InChI=1S/C15H31N3O/c1-5-17-15(4,13(16)19)10-6-7-11-18-12-8-9-14(18,2)3/h17H,5-12H2,1-4H3,(H2,16,19). The molecule has 1 saturated heterocycles. The zero-order chi connectivity index (χ0) is 14.5. The number of rotatable bonds is 8. The van der Waals surface area contributed by atoms with Gasteiger partial charge in [-0.1, -0.05) is 6.92 Å². The molecule has 1 rings (SSSR count). The van der Waals surface area contributed by atoms with Crippen molar-refractivity contribution in [3.8, 4) is 0 Å². The molecule has 4 nitrogen and oxygen atoms in total. The summed E-state index contributed by atoms with van der Waals surface area (Å²) in [6.07, 6.45) is 5.61. The third kappa shape index (κ3) is 4.46. The average molecular weight is 269 g/mol. The zero-order valence-corrected chi connectivity index (χ0v) is 13.1. The van der Waals surface area contributed by atoms with Crippen molar-refractivity contribution >= 4 is 5.91 Å². The van der Waals surface area contributed by atoms with Crippen molar-refractivity contribution < 1.29 is 4.79 Å². The van der Waals surface area contributed by atoms with E-state index in [9.17, 15) is 4.79 Å². The van der Waals surface area contributed by atoms with Gasteiger partial charge in [0.2, 0.25) is 5.91 Å². The summed E-state index contributed by atoms with van der Waals surface area (Å²) in [5.74, 6) is -0.240. The minimum atomic E-state index is -0.546. The van der Waals surface area contributed by atoms with Crippen LogP contribution in [0.15, 0.2) is 0 Å². The predicted octanol–water partition coefficient (Wildman–Crippen LogP) is 1.88. The van der Waals surface area contributed by atoms with Crippen LogP contribution in [0.2, 0.25) is 0 Å². The lowest BCUT2D eigenvalue weighted by molar-refractivity contribution is -0.124. The van der Waals surface area contributed by atoms with Crippen molar-refractivity contribution in [1.82, 2.24) is 10.2 Å². The summed E-state index contributed by atoms with van der Waals surface area (Å²) < 4.78 is 0. The lowest BCUT2D eigenvalue weighted by Gasteiger charge is -2.32. The van der Waals surface area contributed by atoms with Crippen LogP contribution in [0.3, 0.4) is 0 Å². The zero-order valence-electron chi connectivity index (χ0n) is 13.1. The molecule has 1 atom stereocenters. The van der Waals surface area contributed by atoms with E-state index in [0.29, 0.717) is 5.54 Å². The summed E-state index contributed by atoms with van der Waals surface area (Å²) in [6, 6.07) is 0. The van der Waals surface area contributed by atoms with E-state index >= 15 is 0 Å². The lowest BCUT2D eigenvalue weighted by Crippen LogP contribution is -2.53. The molecule has 0 aliphatic carbocycles. The summed E-state index contributed by atoms with van der Waals surface area (Å²) in [5, 5.41) is 3.21. The van der Waals surface area contributed by atoms with E-state index in [2.05, 4.69) is 24.1 Å². The largest absolute Gasteiger partial charge is 0.368 e. The molecular weight excluding hydrogens is 238 g/mol. The summed E-state index contributed by atoms with van der Waals surface area (Å²) in [5.41, 5.74) is 5.30. The molecule has 112 valence electrons. The van der Waals surface area contributed by atoms with Gasteiger partial charge < -0.3 is 11.1 Å². The number of amides is 1. The molecule has 0 aromatic heterocycles. The maximum atomic E-state index is 11.5. The van der Waals surface area contributed by atoms with Crippen molar-refractivity contribution in [3.05, 3.63) is 0 Å². The van der Waals surface area contributed by atoms with Crippen molar-refractivity contribution in [1.29, 1.82) is 0 Å². The number of nitrogens with zero attached hydrogens (tertiary/aromatic N) is 1. The van der Waals surface area contributed by atoms with Gasteiger partial charge >= 0.3 is 0 Å². The van der Waals surface area contributed by atoms with Crippen LogP contribution >= 0.6 is 0 Å². The Hall–Kier alpha value is -0.610. The molecule has 0 aromatic rings. The summed E-state index contributed by atoms with van der Waals surface area (Å²) in [6.45, 7) is 11.7. The number of carbonyl (C=O) groups is 1. The molecule has 1 heterocycles. The van der Waals surface area contributed by atoms with Gasteiger partial charge in [-0.2, -0.15) is 0 Å². The van der Waals surface area contributed by atoms with Crippen LogP contribution in [-0.4, -0.2) is 41.5 Å². The number of unbranched alkanes of at least 4 members (excludes halogenated alkanes) is 1. The van der Waals surface area contributed by atoms with Gasteiger partial charge in [0.25, 0.3) is 0 Å². The molecule has 4 heteroatoms. The number of hydrogen-bond acceptors (Lipinski definition) is 3. The van der Waals surface area contributed by atoms with Gasteiger partial charge in [-0.25, -0.2) is 0 Å². The second-order valence-corrected chi connectivity index (χ2v) is 6.59. The monoisotopic (exact) mass is 269 g/mol. The number of carbonyl (C=O) groups excluding carboxylic acids is 1. The van der Waals surface area contributed by atoms with Gasteiger partial charge in [0, 0.05) is 5.54 Å². The van der Waals surface area contributed by atoms with Gasteiger partial charge in [-0.05, 0) is 72.5 Å². The Kier molecular flexibility index (Phi) is 5.81. The Bertz CT molecular complexity index is 304. The van der Waals surface area contributed by atoms with Gasteiger partial charge in [0.05, 0.1) is 5.54 Å². The fraction of sp³-hybridized carbons (Fsp3) is 0.933. The normalized spacial score (nSPS) is 22.3. The van der Waals surface area contributed by atoms with E-state index in [0.717, 1.165) is 32.4 Å². The third-order valence-electron chi connectivity index (χ3n) is 4.54. The molecule has 0 saturated carbocycles. The molecule has 0 bridgehead atoms. The Morgan fingerprint density at radius 1 is 1.42 bits per heavy atom. The highest BCUT2D eigenvalue weighted by Crippen LogP contribution is 2.28. The number of nitrogens with one attached hydrogen (secondary N) is 1. The van der Waals surface area contributed by atoms with Crippen LogP contribution in [0.25, 0.3) is 0 Å². The SMILES string of the molecule is CCNC(C)(CCCCN1CCCC1(C)C)C(N)=O. The molecule has 0 radical (unpaired) electrons. The summed E-state index contributed by atoms with van der Waals surface area (Å²) >= 11 is 0. The fourth-order valence-corrected chi connectivity index (χ4v) is 3.05. The van der Waals surface area contributed by atoms with Crippen LogP contribution in [-0.2, 0) is 4.79 Å². The first-order valence-corrected chi connectivity index (χ1v) is 7.62. The molecule has 1 aliphatic rings. The first-order chi connectivity index (χ1) is 8.82. The number of primary amides is 1. The van der Waals surface area contributed by atoms with Crippen molar-refractivity contribution in [2.45, 2.75) is 70.9 Å². The molecule has 1 aliphatic heterocycles. The molecule has 1 unspecified atom stereocenters. The van der Waals surface area contributed by atoms with Crippen LogP contribution in [0.1, 0.15) is 59.8 Å². The first kappa shape index (κ1) is 16.4. The molecule has 0 spiro atoms. The molecule has 1 amide bonds. The van der Waals surface area contributed by atoms with E-state index in [1.807, 2.05) is 13.8 Å². The summed E-state index contributed by atoms with van der Waals surface area (Å²) in [4.78, 5) is 14.1. The van der Waals surface area contributed by atoms with Gasteiger partial charge in [0.1, 0.15) is 0 Å². The van der Waals surface area contributed by atoms with Crippen LogP contribution in [0, 0.1) is 0 Å². The predicted molar refractivity (Wildman–Crippen MR) is 80.0 cm³/mol. The average Bonchev–Trinajstić information content (AvgIpc) is 2.64. The van der Waals surface area contributed by atoms with E-state index in [4.69, 9.17) is 5.73 Å².